The molecule has 0 amide bonds. The summed E-state index contributed by atoms with van der Waals surface area (Å²) < 4.78 is 0. The molecule has 1 aliphatic carbocycles. The lowest BCUT2D eigenvalue weighted by molar-refractivity contribution is 0.556. The minimum atomic E-state index is 0.921. The van der Waals surface area contributed by atoms with Gasteiger partial charge in [-0.15, -0.1) is 0 Å². The van der Waals surface area contributed by atoms with Crippen LogP contribution in [0.2, 0.25) is 0 Å². The van der Waals surface area contributed by atoms with E-state index in [1.165, 1.54) is 32.1 Å². The fraction of sp³-hybridized carbons (Fsp3) is 0.615. The van der Waals surface area contributed by atoms with Crippen LogP contribution in [0.25, 0.3) is 0 Å². The van der Waals surface area contributed by atoms with E-state index in [1.807, 2.05) is 6.92 Å². The molecule has 0 bridgehead atoms. The molecule has 0 unspecified atom stereocenters. The Morgan fingerprint density at radius 1 is 1.36 bits per heavy atom. The average molecular weight is 191 g/mol. The first kappa shape index (κ1) is 11.2. The zero-order valence-electron chi connectivity index (χ0n) is 9.42. The standard InChI is InChI=1S/C13H21N/c1-4-11(2)14-12(3)9-10-13-7-5-6-8-13/h4,9,13H,1,5-8,10H2,2-3H3/b12-9-,14-11?. The molecule has 0 radical (unpaired) electrons. The number of hydrogen-bond donors (Lipinski definition) is 0. The zero-order valence-corrected chi connectivity index (χ0v) is 9.42. The summed E-state index contributed by atoms with van der Waals surface area (Å²) >= 11 is 0. The first-order valence-electron chi connectivity index (χ1n) is 5.57. The fourth-order valence-corrected chi connectivity index (χ4v) is 1.95. The normalized spacial score (nSPS) is 20.1. The van der Waals surface area contributed by atoms with E-state index >= 15 is 0 Å². The second kappa shape index (κ2) is 5.79. The van der Waals surface area contributed by atoms with Gasteiger partial charge in [-0.05, 0) is 32.3 Å². The quantitative estimate of drug-likeness (QED) is 0.593. The third-order valence-electron chi connectivity index (χ3n) is 2.87. The Hall–Kier alpha value is -0.850. The summed E-state index contributed by atoms with van der Waals surface area (Å²) in [6, 6.07) is 0. The number of allylic oxidation sites excluding steroid dienone is 3. The second-order valence-electron chi connectivity index (χ2n) is 4.19. The molecule has 1 fully saturated rings. The van der Waals surface area contributed by atoms with E-state index in [4.69, 9.17) is 0 Å². The van der Waals surface area contributed by atoms with Gasteiger partial charge in [-0.25, -0.2) is 0 Å². The molecule has 0 spiro atoms. The Bertz CT molecular complexity index is 242. The Labute approximate surface area is 87.6 Å². The van der Waals surface area contributed by atoms with Gasteiger partial charge in [-0.1, -0.05) is 38.3 Å². The molecule has 1 rings (SSSR count). The molecule has 0 heterocycles. The highest BCUT2D eigenvalue weighted by atomic mass is 14.7. The molecule has 14 heavy (non-hydrogen) atoms. The highest BCUT2D eigenvalue weighted by Crippen LogP contribution is 2.28. The summed E-state index contributed by atoms with van der Waals surface area (Å²) in [6.45, 7) is 7.75. The Kier molecular flexibility index (Phi) is 4.64. The van der Waals surface area contributed by atoms with Crippen LogP contribution in [0.4, 0.5) is 0 Å². The monoisotopic (exact) mass is 191 g/mol. The van der Waals surface area contributed by atoms with Crippen LogP contribution in [0, 0.1) is 5.92 Å². The third-order valence-corrected chi connectivity index (χ3v) is 2.87. The van der Waals surface area contributed by atoms with E-state index in [2.05, 4.69) is 24.6 Å². The number of nitrogens with zero attached hydrogens (tertiary/aromatic N) is 1. The van der Waals surface area contributed by atoms with Crippen molar-refractivity contribution in [2.45, 2.75) is 46.0 Å². The van der Waals surface area contributed by atoms with Crippen molar-refractivity contribution in [3.05, 3.63) is 24.4 Å². The lowest BCUT2D eigenvalue weighted by atomic mass is 10.0. The smallest absolute Gasteiger partial charge is 0.0369 e. The Balaban J connectivity index is 2.39. The summed E-state index contributed by atoms with van der Waals surface area (Å²) in [5.74, 6) is 0.921. The van der Waals surface area contributed by atoms with Crippen molar-refractivity contribution in [2.75, 3.05) is 0 Å². The van der Waals surface area contributed by atoms with Crippen LogP contribution < -0.4 is 0 Å². The van der Waals surface area contributed by atoms with Crippen molar-refractivity contribution in [1.82, 2.24) is 0 Å². The molecule has 0 N–H and O–H groups in total. The topological polar surface area (TPSA) is 12.4 Å². The van der Waals surface area contributed by atoms with Gasteiger partial charge in [0, 0.05) is 11.4 Å². The maximum atomic E-state index is 4.42. The van der Waals surface area contributed by atoms with E-state index in [9.17, 15) is 0 Å². The van der Waals surface area contributed by atoms with Crippen LogP contribution in [0.15, 0.2) is 29.4 Å². The Morgan fingerprint density at radius 3 is 2.57 bits per heavy atom. The molecule has 78 valence electrons. The summed E-state index contributed by atoms with van der Waals surface area (Å²) in [7, 11) is 0. The Morgan fingerprint density at radius 2 is 2.00 bits per heavy atom. The van der Waals surface area contributed by atoms with E-state index in [-0.39, 0.29) is 0 Å². The predicted molar refractivity (Wildman–Crippen MR) is 63.6 cm³/mol. The number of hydrogen-bond acceptors (Lipinski definition) is 1. The molecule has 0 aliphatic heterocycles. The molecule has 0 saturated heterocycles. The first-order valence-corrected chi connectivity index (χ1v) is 5.57. The minimum absolute atomic E-state index is 0.921. The third kappa shape index (κ3) is 3.91. The molecule has 0 aromatic rings. The van der Waals surface area contributed by atoms with Crippen molar-refractivity contribution in [1.29, 1.82) is 0 Å². The summed E-state index contributed by atoms with van der Waals surface area (Å²) in [5, 5.41) is 0. The first-order chi connectivity index (χ1) is 6.72. The highest BCUT2D eigenvalue weighted by Gasteiger charge is 2.12. The molecule has 1 heteroatoms. The summed E-state index contributed by atoms with van der Waals surface area (Å²) in [6.07, 6.45) is 10.9. The van der Waals surface area contributed by atoms with Gasteiger partial charge in [0.2, 0.25) is 0 Å². The van der Waals surface area contributed by atoms with Crippen LogP contribution in [-0.2, 0) is 0 Å². The maximum absolute atomic E-state index is 4.42. The van der Waals surface area contributed by atoms with E-state index in [1.54, 1.807) is 6.08 Å². The number of rotatable bonds is 4. The van der Waals surface area contributed by atoms with Crippen molar-refractivity contribution >= 4 is 5.71 Å². The fourth-order valence-electron chi connectivity index (χ4n) is 1.95. The molecule has 0 aromatic heterocycles. The molecule has 1 saturated carbocycles. The van der Waals surface area contributed by atoms with Crippen LogP contribution >= 0.6 is 0 Å². The van der Waals surface area contributed by atoms with E-state index < -0.39 is 0 Å². The molecular formula is C13H21N. The second-order valence-corrected chi connectivity index (χ2v) is 4.19. The van der Waals surface area contributed by atoms with Gasteiger partial charge in [-0.3, -0.25) is 4.99 Å². The minimum Gasteiger partial charge on any atom is -0.259 e. The molecule has 0 atom stereocenters. The molecule has 0 aromatic carbocycles. The lowest BCUT2D eigenvalue weighted by Gasteiger charge is -2.04. The van der Waals surface area contributed by atoms with Crippen LogP contribution in [0.1, 0.15) is 46.0 Å². The largest absolute Gasteiger partial charge is 0.259 e. The van der Waals surface area contributed by atoms with Gasteiger partial charge in [0.05, 0.1) is 0 Å². The highest BCUT2D eigenvalue weighted by molar-refractivity contribution is 5.92. The van der Waals surface area contributed by atoms with E-state index in [0.717, 1.165) is 17.3 Å². The average Bonchev–Trinajstić information content (AvgIpc) is 2.67. The van der Waals surface area contributed by atoms with Crippen molar-refractivity contribution in [3.63, 3.8) is 0 Å². The van der Waals surface area contributed by atoms with Gasteiger partial charge in [0.1, 0.15) is 0 Å². The maximum Gasteiger partial charge on any atom is 0.0369 e. The van der Waals surface area contributed by atoms with Gasteiger partial charge in [-0.2, -0.15) is 0 Å². The van der Waals surface area contributed by atoms with Gasteiger partial charge < -0.3 is 0 Å². The van der Waals surface area contributed by atoms with Crippen molar-refractivity contribution in [2.24, 2.45) is 10.9 Å². The van der Waals surface area contributed by atoms with Gasteiger partial charge >= 0.3 is 0 Å². The SMILES string of the molecule is C=CC(C)=N/C(C)=C\CC1CCCC1. The summed E-state index contributed by atoms with van der Waals surface area (Å²) in [4.78, 5) is 4.42. The predicted octanol–water partition coefficient (Wildman–Crippen LogP) is 4.12. The zero-order chi connectivity index (χ0) is 10.4. The van der Waals surface area contributed by atoms with Crippen LogP contribution in [-0.4, -0.2) is 5.71 Å². The molecular weight excluding hydrogens is 170 g/mol. The molecule has 1 aliphatic rings. The number of aliphatic imine (C=N–C) groups is 1. The lowest BCUT2D eigenvalue weighted by Crippen LogP contribution is -1.91. The van der Waals surface area contributed by atoms with Gasteiger partial charge in [0.15, 0.2) is 0 Å². The van der Waals surface area contributed by atoms with Gasteiger partial charge in [0.25, 0.3) is 0 Å². The van der Waals surface area contributed by atoms with Crippen LogP contribution in [0.5, 0.6) is 0 Å². The van der Waals surface area contributed by atoms with Crippen molar-refractivity contribution in [3.8, 4) is 0 Å². The molecule has 1 nitrogen and oxygen atoms in total. The van der Waals surface area contributed by atoms with Crippen LogP contribution in [0.3, 0.4) is 0 Å². The van der Waals surface area contributed by atoms with E-state index in [0.29, 0.717) is 0 Å². The summed E-state index contributed by atoms with van der Waals surface area (Å²) in [5.41, 5.74) is 2.14. The van der Waals surface area contributed by atoms with Crippen molar-refractivity contribution < 1.29 is 0 Å².